The summed E-state index contributed by atoms with van der Waals surface area (Å²) in [6, 6.07) is 6.09. The highest BCUT2D eigenvalue weighted by Crippen LogP contribution is 2.25. The SMILES string of the molecule is Cc1ccc(S(=O)(=O)Nc2cnc(Cl)c(Br)c2)cc1N. The Bertz CT molecular complexity index is 765. The Labute approximate surface area is 130 Å². The van der Waals surface area contributed by atoms with Gasteiger partial charge >= 0.3 is 0 Å². The van der Waals surface area contributed by atoms with Gasteiger partial charge in [0.25, 0.3) is 10.0 Å². The van der Waals surface area contributed by atoms with Crippen molar-refractivity contribution in [3.63, 3.8) is 0 Å². The van der Waals surface area contributed by atoms with E-state index in [0.29, 0.717) is 15.8 Å². The number of benzene rings is 1. The lowest BCUT2D eigenvalue weighted by Gasteiger charge is -2.10. The average Bonchev–Trinajstić information content (AvgIpc) is 2.37. The zero-order valence-corrected chi connectivity index (χ0v) is 13.6. The van der Waals surface area contributed by atoms with Gasteiger partial charge in [0.15, 0.2) is 0 Å². The molecule has 0 aliphatic heterocycles. The molecule has 1 aromatic heterocycles. The van der Waals surface area contributed by atoms with Gasteiger partial charge in [-0.1, -0.05) is 17.7 Å². The van der Waals surface area contributed by atoms with Crippen LogP contribution in [0.15, 0.2) is 39.8 Å². The molecule has 0 saturated heterocycles. The van der Waals surface area contributed by atoms with E-state index in [1.54, 1.807) is 13.0 Å². The minimum atomic E-state index is -3.72. The van der Waals surface area contributed by atoms with Crippen molar-refractivity contribution in [2.75, 3.05) is 10.5 Å². The van der Waals surface area contributed by atoms with Crippen LogP contribution in [0.3, 0.4) is 0 Å². The van der Waals surface area contributed by atoms with E-state index in [-0.39, 0.29) is 10.0 Å². The Kier molecular flexibility index (Phi) is 4.22. The maximum absolute atomic E-state index is 12.2. The molecule has 0 atom stereocenters. The molecular weight excluding hydrogens is 366 g/mol. The molecule has 20 heavy (non-hydrogen) atoms. The van der Waals surface area contributed by atoms with Crippen LogP contribution in [0.25, 0.3) is 0 Å². The molecule has 0 bridgehead atoms. The van der Waals surface area contributed by atoms with Gasteiger partial charge in [-0.15, -0.1) is 0 Å². The molecule has 0 aliphatic carbocycles. The summed E-state index contributed by atoms with van der Waals surface area (Å²) in [5.41, 5.74) is 7.27. The number of nitrogen functional groups attached to an aromatic ring is 1. The Morgan fingerprint density at radius 2 is 2.05 bits per heavy atom. The molecule has 2 aromatic rings. The van der Waals surface area contributed by atoms with E-state index in [1.165, 1.54) is 24.4 Å². The first-order valence-corrected chi connectivity index (χ1v) is 8.15. The third kappa shape index (κ3) is 3.23. The highest BCUT2D eigenvalue weighted by atomic mass is 79.9. The number of hydrogen-bond acceptors (Lipinski definition) is 4. The van der Waals surface area contributed by atoms with E-state index >= 15 is 0 Å². The molecule has 1 aromatic carbocycles. The van der Waals surface area contributed by atoms with Crippen LogP contribution in [0.5, 0.6) is 0 Å². The lowest BCUT2D eigenvalue weighted by Crippen LogP contribution is -2.13. The zero-order valence-electron chi connectivity index (χ0n) is 10.4. The van der Waals surface area contributed by atoms with E-state index in [4.69, 9.17) is 17.3 Å². The van der Waals surface area contributed by atoms with Gasteiger partial charge in [-0.25, -0.2) is 13.4 Å². The van der Waals surface area contributed by atoms with Crippen molar-refractivity contribution in [1.29, 1.82) is 0 Å². The van der Waals surface area contributed by atoms with Crippen molar-refractivity contribution in [1.82, 2.24) is 4.98 Å². The van der Waals surface area contributed by atoms with Crippen molar-refractivity contribution in [2.45, 2.75) is 11.8 Å². The maximum atomic E-state index is 12.2. The summed E-state index contributed by atoms with van der Waals surface area (Å²) in [7, 11) is -3.72. The van der Waals surface area contributed by atoms with Gasteiger partial charge < -0.3 is 5.73 Å². The van der Waals surface area contributed by atoms with E-state index in [1.807, 2.05) is 0 Å². The molecule has 0 aliphatic rings. The van der Waals surface area contributed by atoms with Crippen molar-refractivity contribution in [2.24, 2.45) is 0 Å². The number of nitrogens with two attached hydrogens (primary N) is 1. The van der Waals surface area contributed by atoms with Crippen molar-refractivity contribution in [3.8, 4) is 0 Å². The highest BCUT2D eigenvalue weighted by Gasteiger charge is 2.15. The summed E-state index contributed by atoms with van der Waals surface area (Å²) in [6.07, 6.45) is 1.34. The third-order valence-electron chi connectivity index (χ3n) is 2.61. The van der Waals surface area contributed by atoms with Crippen LogP contribution < -0.4 is 10.5 Å². The number of pyridine rings is 1. The normalized spacial score (nSPS) is 11.3. The van der Waals surface area contributed by atoms with Gasteiger partial charge in [0.1, 0.15) is 5.15 Å². The van der Waals surface area contributed by atoms with E-state index in [2.05, 4.69) is 25.6 Å². The first-order valence-electron chi connectivity index (χ1n) is 5.49. The summed E-state index contributed by atoms with van der Waals surface area (Å²) in [5, 5.41) is 0.257. The molecular formula is C12H11BrClN3O2S. The third-order valence-corrected chi connectivity index (χ3v) is 5.12. The monoisotopic (exact) mass is 375 g/mol. The molecule has 0 radical (unpaired) electrons. The second-order valence-electron chi connectivity index (χ2n) is 4.12. The van der Waals surface area contributed by atoms with Crippen LogP contribution >= 0.6 is 27.5 Å². The second kappa shape index (κ2) is 5.59. The predicted octanol–water partition coefficient (Wildman–Crippen LogP) is 3.19. The van der Waals surface area contributed by atoms with Crippen LogP contribution in [0.2, 0.25) is 5.15 Å². The lowest BCUT2D eigenvalue weighted by molar-refractivity contribution is 0.601. The number of halogens is 2. The van der Waals surface area contributed by atoms with Gasteiger partial charge in [0.05, 0.1) is 21.3 Å². The quantitative estimate of drug-likeness (QED) is 0.636. The summed E-state index contributed by atoms with van der Waals surface area (Å²) >= 11 is 8.94. The van der Waals surface area contributed by atoms with E-state index < -0.39 is 10.0 Å². The minimum Gasteiger partial charge on any atom is -0.398 e. The fourth-order valence-electron chi connectivity index (χ4n) is 1.48. The number of anilines is 2. The maximum Gasteiger partial charge on any atom is 0.262 e. The standard InChI is InChI=1S/C12H11BrClN3O2S/c1-7-2-3-9(5-11(7)15)20(18,19)17-8-4-10(13)12(14)16-6-8/h2-6,17H,15H2,1H3. The molecule has 5 nitrogen and oxygen atoms in total. The first kappa shape index (κ1) is 15.1. The number of aryl methyl sites for hydroxylation is 1. The topological polar surface area (TPSA) is 85.1 Å². The smallest absolute Gasteiger partial charge is 0.262 e. The fourth-order valence-corrected chi connectivity index (χ4v) is 3.00. The van der Waals surface area contributed by atoms with Crippen LogP contribution in [0.4, 0.5) is 11.4 Å². The Morgan fingerprint density at radius 3 is 2.65 bits per heavy atom. The summed E-state index contributed by atoms with van der Waals surface area (Å²) < 4.78 is 27.4. The Balaban J connectivity index is 2.35. The number of hydrogen-bond donors (Lipinski definition) is 2. The number of rotatable bonds is 3. The molecule has 1 heterocycles. The molecule has 2 rings (SSSR count). The molecule has 3 N–H and O–H groups in total. The van der Waals surface area contributed by atoms with Crippen molar-refractivity contribution < 1.29 is 8.42 Å². The van der Waals surface area contributed by atoms with Crippen molar-refractivity contribution >= 4 is 48.9 Å². The Morgan fingerprint density at radius 1 is 1.35 bits per heavy atom. The largest absolute Gasteiger partial charge is 0.398 e. The minimum absolute atomic E-state index is 0.0895. The molecule has 0 unspecified atom stereocenters. The summed E-state index contributed by atoms with van der Waals surface area (Å²) in [4.78, 5) is 3.94. The molecule has 0 fully saturated rings. The van der Waals surface area contributed by atoms with E-state index in [9.17, 15) is 8.42 Å². The highest BCUT2D eigenvalue weighted by molar-refractivity contribution is 9.10. The van der Waals surface area contributed by atoms with Crippen molar-refractivity contribution in [3.05, 3.63) is 45.7 Å². The predicted molar refractivity (Wildman–Crippen MR) is 83.3 cm³/mol. The van der Waals surface area contributed by atoms with Gasteiger partial charge in [-0.2, -0.15) is 0 Å². The van der Waals surface area contributed by atoms with Gasteiger partial charge in [-0.3, -0.25) is 4.72 Å². The summed E-state index contributed by atoms with van der Waals surface area (Å²) in [6.45, 7) is 1.80. The number of nitrogens with one attached hydrogen (secondary N) is 1. The van der Waals surface area contributed by atoms with Gasteiger partial charge in [0.2, 0.25) is 0 Å². The number of nitrogens with zero attached hydrogens (tertiary/aromatic N) is 1. The zero-order chi connectivity index (χ0) is 14.9. The van der Waals surface area contributed by atoms with Gasteiger partial charge in [-0.05, 0) is 46.6 Å². The molecule has 0 saturated carbocycles. The number of sulfonamides is 1. The second-order valence-corrected chi connectivity index (χ2v) is 7.02. The number of aromatic nitrogens is 1. The van der Waals surface area contributed by atoms with Crippen LogP contribution in [-0.2, 0) is 10.0 Å². The molecule has 0 spiro atoms. The molecule has 8 heteroatoms. The van der Waals surface area contributed by atoms with Gasteiger partial charge in [0, 0.05) is 5.69 Å². The fraction of sp³-hybridized carbons (Fsp3) is 0.0833. The molecule has 0 amide bonds. The summed E-state index contributed by atoms with van der Waals surface area (Å²) in [5.74, 6) is 0. The molecule has 106 valence electrons. The van der Waals surface area contributed by atoms with E-state index in [0.717, 1.165) is 5.56 Å². The average molecular weight is 377 g/mol. The lowest BCUT2D eigenvalue weighted by atomic mass is 10.2. The first-order chi connectivity index (χ1) is 9.29. The van der Waals surface area contributed by atoms with Crippen LogP contribution in [0.1, 0.15) is 5.56 Å². The van der Waals surface area contributed by atoms with Crippen LogP contribution in [0, 0.1) is 6.92 Å². The van der Waals surface area contributed by atoms with Crippen LogP contribution in [-0.4, -0.2) is 13.4 Å². The Hall–Kier alpha value is -1.31.